The third kappa shape index (κ3) is 1.37. The van der Waals surface area contributed by atoms with Gasteiger partial charge in [0.1, 0.15) is 0 Å². The summed E-state index contributed by atoms with van der Waals surface area (Å²) in [5.41, 5.74) is 1.93. The van der Waals surface area contributed by atoms with Crippen LogP contribution in [0.1, 0.15) is 5.69 Å². The zero-order chi connectivity index (χ0) is 10.3. The molecule has 0 atom stereocenters. The largest absolute Gasteiger partial charge is 0.279 e. The summed E-state index contributed by atoms with van der Waals surface area (Å²) >= 11 is 5.02. The second-order valence-electron chi connectivity index (χ2n) is 3.22. The van der Waals surface area contributed by atoms with E-state index in [-0.39, 0.29) is 0 Å². The standard InChI is InChI=1S/C8H11N5S/c1-5-6(4-12(2)10-5)7-9-8(14)13(3)11-7/h4H,1-3H3,(H,9,11,14). The molecule has 5 nitrogen and oxygen atoms in total. The molecule has 6 heteroatoms. The Kier molecular flexibility index (Phi) is 1.99. The van der Waals surface area contributed by atoms with Crippen LogP contribution in [0.4, 0.5) is 0 Å². The first-order chi connectivity index (χ1) is 6.58. The predicted octanol–water partition coefficient (Wildman–Crippen LogP) is 1.19. The lowest BCUT2D eigenvalue weighted by atomic mass is 10.2. The molecule has 0 saturated carbocycles. The van der Waals surface area contributed by atoms with Crippen LogP contribution in [0.3, 0.4) is 0 Å². The topological polar surface area (TPSA) is 51.4 Å². The van der Waals surface area contributed by atoms with Crippen molar-refractivity contribution in [2.75, 3.05) is 0 Å². The maximum absolute atomic E-state index is 5.02. The minimum Gasteiger partial charge on any atom is -0.279 e. The number of aromatic nitrogens is 5. The first-order valence-electron chi connectivity index (χ1n) is 4.21. The normalized spacial score (nSPS) is 10.8. The minimum atomic E-state index is 0.545. The van der Waals surface area contributed by atoms with Crippen molar-refractivity contribution in [3.63, 3.8) is 0 Å². The molecule has 2 heterocycles. The summed E-state index contributed by atoms with van der Waals surface area (Å²) in [4.78, 5) is 4.22. The predicted molar refractivity (Wildman–Crippen MR) is 55.3 cm³/mol. The Morgan fingerprint density at radius 2 is 2.14 bits per heavy atom. The fourth-order valence-corrected chi connectivity index (χ4v) is 1.49. The number of nitrogens with zero attached hydrogens (tertiary/aromatic N) is 4. The Labute approximate surface area is 86.4 Å². The SMILES string of the molecule is Cc1nn(C)cc1-c1nc(=S)n(C)[nH]1. The average Bonchev–Trinajstić information content (AvgIpc) is 2.57. The summed E-state index contributed by atoms with van der Waals surface area (Å²) < 4.78 is 4.01. The number of aromatic amines is 1. The number of aryl methyl sites for hydroxylation is 3. The second-order valence-corrected chi connectivity index (χ2v) is 3.58. The van der Waals surface area contributed by atoms with Crippen LogP contribution >= 0.6 is 12.2 Å². The highest BCUT2D eigenvalue weighted by molar-refractivity contribution is 7.71. The summed E-state index contributed by atoms with van der Waals surface area (Å²) in [7, 11) is 3.72. The first-order valence-corrected chi connectivity index (χ1v) is 4.62. The van der Waals surface area contributed by atoms with Gasteiger partial charge in [-0.1, -0.05) is 0 Å². The van der Waals surface area contributed by atoms with Gasteiger partial charge in [0.15, 0.2) is 5.82 Å². The molecular formula is C8H11N5S. The molecule has 14 heavy (non-hydrogen) atoms. The third-order valence-electron chi connectivity index (χ3n) is 2.04. The Hall–Kier alpha value is -1.43. The van der Waals surface area contributed by atoms with E-state index in [0.717, 1.165) is 17.1 Å². The number of hydrogen-bond acceptors (Lipinski definition) is 3. The lowest BCUT2D eigenvalue weighted by Crippen LogP contribution is -1.89. The lowest BCUT2D eigenvalue weighted by molar-refractivity contribution is 0.755. The molecule has 2 aromatic rings. The molecule has 0 aromatic carbocycles. The summed E-state index contributed by atoms with van der Waals surface area (Å²) in [6.45, 7) is 1.95. The molecule has 74 valence electrons. The van der Waals surface area contributed by atoms with Crippen LogP contribution in [0.25, 0.3) is 11.4 Å². The number of nitrogens with one attached hydrogen (secondary N) is 1. The third-order valence-corrected chi connectivity index (χ3v) is 2.40. The quantitative estimate of drug-likeness (QED) is 0.718. The maximum Gasteiger partial charge on any atom is 0.216 e. The summed E-state index contributed by atoms with van der Waals surface area (Å²) in [6, 6.07) is 0. The first kappa shape index (κ1) is 9.14. The molecule has 0 fully saturated rings. The zero-order valence-electron chi connectivity index (χ0n) is 8.27. The summed E-state index contributed by atoms with van der Waals surface area (Å²) in [6.07, 6.45) is 1.92. The zero-order valence-corrected chi connectivity index (χ0v) is 9.09. The number of rotatable bonds is 1. The van der Waals surface area contributed by atoms with Crippen LogP contribution in [0.5, 0.6) is 0 Å². The van der Waals surface area contributed by atoms with Crippen LogP contribution < -0.4 is 0 Å². The van der Waals surface area contributed by atoms with Crippen LogP contribution in [0, 0.1) is 11.7 Å². The van der Waals surface area contributed by atoms with Gasteiger partial charge in [-0.25, -0.2) is 0 Å². The van der Waals surface area contributed by atoms with Gasteiger partial charge < -0.3 is 0 Å². The molecule has 0 unspecified atom stereocenters. The van der Waals surface area contributed by atoms with Gasteiger partial charge in [0, 0.05) is 20.3 Å². The minimum absolute atomic E-state index is 0.545. The second kappa shape index (κ2) is 3.06. The van der Waals surface area contributed by atoms with Gasteiger partial charge in [-0.15, -0.1) is 0 Å². The molecule has 0 saturated heterocycles. The van der Waals surface area contributed by atoms with Crippen molar-refractivity contribution in [1.82, 2.24) is 24.5 Å². The van der Waals surface area contributed by atoms with E-state index in [1.165, 1.54) is 0 Å². The van der Waals surface area contributed by atoms with Crippen molar-refractivity contribution in [1.29, 1.82) is 0 Å². The van der Waals surface area contributed by atoms with Gasteiger partial charge in [-0.3, -0.25) is 14.5 Å². The van der Waals surface area contributed by atoms with Gasteiger partial charge in [-0.2, -0.15) is 10.1 Å². The molecular weight excluding hydrogens is 198 g/mol. The fourth-order valence-electron chi connectivity index (χ4n) is 1.35. The highest BCUT2D eigenvalue weighted by Crippen LogP contribution is 2.17. The Morgan fingerprint density at radius 1 is 1.43 bits per heavy atom. The van der Waals surface area contributed by atoms with Crippen molar-refractivity contribution < 1.29 is 0 Å². The fraction of sp³-hybridized carbons (Fsp3) is 0.375. The average molecular weight is 209 g/mol. The molecule has 0 aliphatic heterocycles. The van der Waals surface area contributed by atoms with Crippen LogP contribution in [-0.4, -0.2) is 24.5 Å². The molecule has 0 amide bonds. The van der Waals surface area contributed by atoms with Gasteiger partial charge in [0.2, 0.25) is 4.77 Å². The Bertz CT molecular complexity index is 518. The Balaban J connectivity index is 2.59. The van der Waals surface area contributed by atoms with Crippen molar-refractivity contribution in [2.45, 2.75) is 6.92 Å². The van der Waals surface area contributed by atoms with E-state index in [1.807, 2.05) is 27.2 Å². The van der Waals surface area contributed by atoms with E-state index in [2.05, 4.69) is 15.2 Å². The van der Waals surface area contributed by atoms with Crippen LogP contribution in [-0.2, 0) is 14.1 Å². The van der Waals surface area contributed by atoms with Crippen molar-refractivity contribution in [3.05, 3.63) is 16.7 Å². The number of hydrogen-bond donors (Lipinski definition) is 1. The van der Waals surface area contributed by atoms with Crippen LogP contribution in [0.2, 0.25) is 0 Å². The van der Waals surface area contributed by atoms with Crippen molar-refractivity contribution in [3.8, 4) is 11.4 Å². The van der Waals surface area contributed by atoms with E-state index in [4.69, 9.17) is 12.2 Å². The molecule has 0 spiro atoms. The highest BCUT2D eigenvalue weighted by atomic mass is 32.1. The molecule has 1 N–H and O–H groups in total. The molecule has 2 rings (SSSR count). The molecule has 0 aliphatic rings. The maximum atomic E-state index is 5.02. The van der Waals surface area contributed by atoms with E-state index in [1.54, 1.807) is 9.36 Å². The van der Waals surface area contributed by atoms with Crippen LogP contribution in [0.15, 0.2) is 6.20 Å². The summed E-state index contributed by atoms with van der Waals surface area (Å²) in [5.74, 6) is 0.767. The van der Waals surface area contributed by atoms with Gasteiger partial charge in [-0.05, 0) is 19.1 Å². The van der Waals surface area contributed by atoms with Gasteiger partial charge >= 0.3 is 0 Å². The molecule has 0 aliphatic carbocycles. The monoisotopic (exact) mass is 209 g/mol. The highest BCUT2D eigenvalue weighted by Gasteiger charge is 2.09. The molecule has 0 bridgehead atoms. The summed E-state index contributed by atoms with van der Waals surface area (Å²) in [5, 5.41) is 7.30. The van der Waals surface area contributed by atoms with Gasteiger partial charge in [0.25, 0.3) is 0 Å². The Morgan fingerprint density at radius 3 is 2.57 bits per heavy atom. The molecule has 2 aromatic heterocycles. The van der Waals surface area contributed by atoms with E-state index < -0.39 is 0 Å². The van der Waals surface area contributed by atoms with Crippen molar-refractivity contribution in [2.24, 2.45) is 14.1 Å². The molecule has 0 radical (unpaired) electrons. The number of H-pyrrole nitrogens is 1. The van der Waals surface area contributed by atoms with Crippen molar-refractivity contribution >= 4 is 12.2 Å². The van der Waals surface area contributed by atoms with E-state index in [0.29, 0.717) is 4.77 Å². The van der Waals surface area contributed by atoms with Gasteiger partial charge in [0.05, 0.1) is 11.3 Å². The van der Waals surface area contributed by atoms with E-state index in [9.17, 15) is 0 Å². The smallest absolute Gasteiger partial charge is 0.216 e. The van der Waals surface area contributed by atoms with E-state index >= 15 is 0 Å². The lowest BCUT2D eigenvalue weighted by Gasteiger charge is -1.90.